The van der Waals surface area contributed by atoms with Crippen LogP contribution in [-0.4, -0.2) is 15.2 Å². The van der Waals surface area contributed by atoms with Gasteiger partial charge >= 0.3 is 0 Å². The van der Waals surface area contributed by atoms with Crippen LogP contribution in [0.1, 0.15) is 5.01 Å². The van der Waals surface area contributed by atoms with Crippen molar-refractivity contribution in [2.75, 3.05) is 0 Å². The molecule has 2 aromatic heterocycles. The predicted molar refractivity (Wildman–Crippen MR) is 60.7 cm³/mol. The summed E-state index contributed by atoms with van der Waals surface area (Å²) in [5.74, 6) is -0.359. The van der Waals surface area contributed by atoms with Gasteiger partial charge in [-0.2, -0.15) is 0 Å². The lowest BCUT2D eigenvalue weighted by Crippen LogP contribution is -1.86. The molecule has 7 heteroatoms. The van der Waals surface area contributed by atoms with Crippen molar-refractivity contribution in [3.05, 3.63) is 27.6 Å². The minimum atomic E-state index is -0.359. The van der Waals surface area contributed by atoms with E-state index >= 15 is 0 Å². The minimum Gasteiger partial charge on any atom is -0.245 e. The molecule has 78 valence electrons. The van der Waals surface area contributed by atoms with Crippen molar-refractivity contribution < 1.29 is 4.39 Å². The van der Waals surface area contributed by atoms with E-state index in [0.29, 0.717) is 13.8 Å². The standard InChI is InChI=1S/C8H5BrFN3S2/c1-4-12-13-8(14-4)15-7-6(10)2-5(9)3-11-7/h2-3H,1H3. The second-order valence-corrected chi connectivity index (χ2v) is 5.96. The van der Waals surface area contributed by atoms with E-state index < -0.39 is 0 Å². The van der Waals surface area contributed by atoms with Gasteiger partial charge in [-0.05, 0) is 40.7 Å². The second-order valence-electron chi connectivity index (χ2n) is 2.63. The summed E-state index contributed by atoms with van der Waals surface area (Å²) in [6, 6.07) is 1.38. The van der Waals surface area contributed by atoms with E-state index in [2.05, 4.69) is 31.1 Å². The summed E-state index contributed by atoms with van der Waals surface area (Å²) in [5, 5.41) is 8.91. The maximum atomic E-state index is 13.4. The fourth-order valence-corrected chi connectivity index (χ4v) is 2.87. The molecule has 0 fully saturated rings. The summed E-state index contributed by atoms with van der Waals surface area (Å²) in [7, 11) is 0. The molecule has 0 unspecified atom stereocenters. The van der Waals surface area contributed by atoms with Gasteiger partial charge in [0, 0.05) is 10.7 Å². The first-order valence-electron chi connectivity index (χ1n) is 3.94. The maximum absolute atomic E-state index is 13.4. The van der Waals surface area contributed by atoms with Crippen LogP contribution in [0.2, 0.25) is 0 Å². The van der Waals surface area contributed by atoms with Gasteiger partial charge in [0.1, 0.15) is 10.0 Å². The summed E-state index contributed by atoms with van der Waals surface area (Å²) >= 11 is 5.75. The quantitative estimate of drug-likeness (QED) is 0.853. The Morgan fingerprint density at radius 2 is 2.27 bits per heavy atom. The van der Waals surface area contributed by atoms with Crippen LogP contribution in [0.15, 0.2) is 26.1 Å². The Kier molecular flexibility index (Phi) is 3.32. The molecule has 2 heterocycles. The molecule has 0 aliphatic heterocycles. The van der Waals surface area contributed by atoms with Crippen molar-refractivity contribution in [2.24, 2.45) is 0 Å². The Bertz CT molecular complexity index is 488. The van der Waals surface area contributed by atoms with Crippen molar-refractivity contribution in [3.8, 4) is 0 Å². The molecule has 0 amide bonds. The van der Waals surface area contributed by atoms with Gasteiger partial charge < -0.3 is 0 Å². The Balaban J connectivity index is 2.24. The average Bonchev–Trinajstić information content (AvgIpc) is 2.56. The fraction of sp³-hybridized carbons (Fsp3) is 0.125. The van der Waals surface area contributed by atoms with Crippen LogP contribution in [0.25, 0.3) is 0 Å². The van der Waals surface area contributed by atoms with E-state index in [0.717, 1.165) is 5.01 Å². The Morgan fingerprint density at radius 3 is 2.87 bits per heavy atom. The molecular formula is C8H5BrFN3S2. The fourth-order valence-electron chi connectivity index (χ4n) is 0.879. The molecule has 0 saturated carbocycles. The first kappa shape index (κ1) is 11.0. The van der Waals surface area contributed by atoms with Gasteiger partial charge in [-0.25, -0.2) is 9.37 Å². The number of nitrogens with zero attached hydrogens (tertiary/aromatic N) is 3. The number of pyridine rings is 1. The van der Waals surface area contributed by atoms with Gasteiger partial charge in [0.05, 0.1) is 0 Å². The molecule has 0 N–H and O–H groups in total. The summed E-state index contributed by atoms with van der Waals surface area (Å²) in [6.07, 6.45) is 1.55. The summed E-state index contributed by atoms with van der Waals surface area (Å²) in [6.45, 7) is 1.85. The van der Waals surface area contributed by atoms with Crippen molar-refractivity contribution in [3.63, 3.8) is 0 Å². The summed E-state index contributed by atoms with van der Waals surface area (Å²) < 4.78 is 14.7. The molecule has 0 aromatic carbocycles. The van der Waals surface area contributed by atoms with E-state index in [1.807, 2.05) is 6.92 Å². The van der Waals surface area contributed by atoms with Crippen LogP contribution in [-0.2, 0) is 0 Å². The highest BCUT2D eigenvalue weighted by atomic mass is 79.9. The Morgan fingerprint density at radius 1 is 1.47 bits per heavy atom. The van der Waals surface area contributed by atoms with Gasteiger partial charge in [-0.15, -0.1) is 10.2 Å². The highest BCUT2D eigenvalue weighted by Gasteiger charge is 2.09. The number of hydrogen-bond acceptors (Lipinski definition) is 5. The molecule has 0 saturated heterocycles. The third-order valence-corrected chi connectivity index (χ3v) is 3.78. The minimum absolute atomic E-state index is 0.314. The maximum Gasteiger partial charge on any atom is 0.180 e. The van der Waals surface area contributed by atoms with Gasteiger partial charge in [-0.1, -0.05) is 11.3 Å². The molecule has 15 heavy (non-hydrogen) atoms. The lowest BCUT2D eigenvalue weighted by atomic mass is 10.5. The topological polar surface area (TPSA) is 38.7 Å². The summed E-state index contributed by atoms with van der Waals surface area (Å²) in [4.78, 5) is 3.96. The largest absolute Gasteiger partial charge is 0.245 e. The molecular weight excluding hydrogens is 301 g/mol. The normalized spacial score (nSPS) is 10.6. The number of rotatable bonds is 2. The van der Waals surface area contributed by atoms with Gasteiger partial charge in [-0.3, -0.25) is 0 Å². The number of halogens is 2. The molecule has 0 spiro atoms. The van der Waals surface area contributed by atoms with Crippen LogP contribution in [0.3, 0.4) is 0 Å². The highest BCUT2D eigenvalue weighted by molar-refractivity contribution is 9.10. The molecule has 0 atom stereocenters. The molecule has 3 nitrogen and oxygen atoms in total. The van der Waals surface area contributed by atoms with Crippen LogP contribution in [0.5, 0.6) is 0 Å². The molecule has 0 aliphatic carbocycles. The highest BCUT2D eigenvalue weighted by Crippen LogP contribution is 2.30. The first-order chi connectivity index (χ1) is 7.15. The van der Waals surface area contributed by atoms with Crippen LogP contribution >= 0.6 is 39.0 Å². The number of aryl methyl sites for hydroxylation is 1. The van der Waals surface area contributed by atoms with E-state index in [-0.39, 0.29) is 5.82 Å². The zero-order valence-electron chi connectivity index (χ0n) is 7.57. The zero-order chi connectivity index (χ0) is 10.8. The Labute approximate surface area is 102 Å². The van der Waals surface area contributed by atoms with E-state index in [9.17, 15) is 4.39 Å². The van der Waals surface area contributed by atoms with Crippen LogP contribution < -0.4 is 0 Å². The van der Waals surface area contributed by atoms with E-state index in [4.69, 9.17) is 0 Å². The molecule has 0 bridgehead atoms. The first-order valence-corrected chi connectivity index (χ1v) is 6.37. The van der Waals surface area contributed by atoms with Crippen LogP contribution in [0.4, 0.5) is 4.39 Å². The average molecular weight is 306 g/mol. The van der Waals surface area contributed by atoms with Crippen molar-refractivity contribution in [1.82, 2.24) is 15.2 Å². The monoisotopic (exact) mass is 305 g/mol. The molecule has 0 radical (unpaired) electrons. The lowest BCUT2D eigenvalue weighted by Gasteiger charge is -1.98. The van der Waals surface area contributed by atoms with Crippen molar-refractivity contribution in [2.45, 2.75) is 16.3 Å². The Hall–Kier alpha value is -0.530. The SMILES string of the molecule is Cc1nnc(Sc2ncc(Br)cc2F)s1. The van der Waals surface area contributed by atoms with Gasteiger partial charge in [0.25, 0.3) is 0 Å². The number of aromatic nitrogens is 3. The third-order valence-electron chi connectivity index (χ3n) is 1.47. The molecule has 0 aliphatic rings. The lowest BCUT2D eigenvalue weighted by molar-refractivity contribution is 0.586. The van der Waals surface area contributed by atoms with Gasteiger partial charge in [0.2, 0.25) is 0 Å². The molecule has 2 aromatic rings. The van der Waals surface area contributed by atoms with Crippen LogP contribution in [0, 0.1) is 12.7 Å². The zero-order valence-corrected chi connectivity index (χ0v) is 10.8. The van der Waals surface area contributed by atoms with E-state index in [1.165, 1.54) is 29.2 Å². The predicted octanol–water partition coefficient (Wildman–Crippen LogP) is 3.29. The summed E-state index contributed by atoms with van der Waals surface area (Å²) in [5.41, 5.74) is 0. The number of hydrogen-bond donors (Lipinski definition) is 0. The third kappa shape index (κ3) is 2.73. The smallest absolute Gasteiger partial charge is 0.180 e. The van der Waals surface area contributed by atoms with E-state index in [1.54, 1.807) is 6.20 Å². The van der Waals surface area contributed by atoms with Gasteiger partial charge in [0.15, 0.2) is 10.2 Å². The molecule has 2 rings (SSSR count). The van der Waals surface area contributed by atoms with Crippen molar-refractivity contribution in [1.29, 1.82) is 0 Å². The second kappa shape index (κ2) is 4.54. The van der Waals surface area contributed by atoms with Crippen molar-refractivity contribution >= 4 is 39.0 Å².